The summed E-state index contributed by atoms with van der Waals surface area (Å²) in [6, 6.07) is 1.73. The van der Waals surface area contributed by atoms with Gasteiger partial charge in [0.2, 0.25) is 5.95 Å². The number of thiol groups is 1. The van der Waals surface area contributed by atoms with Gasteiger partial charge in [-0.15, -0.1) is 12.6 Å². The number of hydrogen-bond acceptors (Lipinski definition) is 7. The van der Waals surface area contributed by atoms with Crippen molar-refractivity contribution < 1.29 is 14.3 Å². The maximum Gasteiger partial charge on any atom is 0.416 e. The lowest BCUT2D eigenvalue weighted by molar-refractivity contribution is 0.0994. The first-order valence-corrected chi connectivity index (χ1v) is 9.35. The Hall–Kier alpha value is -1.54. The molecule has 140 valence electrons. The molecule has 1 saturated heterocycles. The third kappa shape index (κ3) is 5.22. The predicted octanol–water partition coefficient (Wildman–Crippen LogP) is 3.33. The molecule has 1 aromatic rings. The number of nitrogens with one attached hydrogen (secondary N) is 1. The standard InChI is InChI=1S/C17H28N4O3S/c1-11(2)13(4)21(17(22)24-10-25)15-7-8-18-16(20-15)19-12(3)14-6-5-9-23-14/h7-8,11-14,25H,5-6,9-10H2,1-4H3,(H,18,19,20)/t12?,13-,14?/m0/s1. The third-order valence-corrected chi connectivity index (χ3v) is 4.65. The number of ether oxygens (including phenoxy) is 2. The summed E-state index contributed by atoms with van der Waals surface area (Å²) in [5.41, 5.74) is 0. The Balaban J connectivity index is 2.18. The van der Waals surface area contributed by atoms with Crippen molar-refractivity contribution in [1.29, 1.82) is 0 Å². The zero-order valence-electron chi connectivity index (χ0n) is 15.3. The van der Waals surface area contributed by atoms with E-state index in [-0.39, 0.29) is 30.0 Å². The molecule has 8 heteroatoms. The van der Waals surface area contributed by atoms with Crippen LogP contribution in [-0.2, 0) is 9.47 Å². The van der Waals surface area contributed by atoms with Gasteiger partial charge in [-0.1, -0.05) is 13.8 Å². The van der Waals surface area contributed by atoms with E-state index in [4.69, 9.17) is 9.47 Å². The lowest BCUT2D eigenvalue weighted by atomic mass is 10.1. The molecule has 1 fully saturated rings. The van der Waals surface area contributed by atoms with Gasteiger partial charge in [0.1, 0.15) is 11.8 Å². The fraction of sp³-hybridized carbons (Fsp3) is 0.706. The molecular formula is C17H28N4O3S. The zero-order chi connectivity index (χ0) is 18.4. The van der Waals surface area contributed by atoms with Crippen molar-refractivity contribution in [3.63, 3.8) is 0 Å². The fourth-order valence-electron chi connectivity index (χ4n) is 2.74. The quantitative estimate of drug-likeness (QED) is 0.568. The molecule has 1 N–H and O–H groups in total. The Morgan fingerprint density at radius 2 is 2.24 bits per heavy atom. The van der Waals surface area contributed by atoms with Crippen molar-refractivity contribution in [1.82, 2.24) is 9.97 Å². The van der Waals surface area contributed by atoms with Crippen LogP contribution in [0.1, 0.15) is 40.5 Å². The first-order valence-electron chi connectivity index (χ1n) is 8.72. The van der Waals surface area contributed by atoms with E-state index in [2.05, 4.69) is 34.8 Å². The lowest BCUT2D eigenvalue weighted by Gasteiger charge is -2.30. The maximum atomic E-state index is 12.4. The van der Waals surface area contributed by atoms with Crippen LogP contribution >= 0.6 is 12.6 Å². The van der Waals surface area contributed by atoms with E-state index in [0.29, 0.717) is 11.8 Å². The molecule has 25 heavy (non-hydrogen) atoms. The number of nitrogens with zero attached hydrogens (tertiary/aromatic N) is 3. The Morgan fingerprint density at radius 1 is 1.48 bits per heavy atom. The number of carbonyl (C=O) groups excluding carboxylic acids is 1. The van der Waals surface area contributed by atoms with Crippen molar-refractivity contribution >= 4 is 30.5 Å². The van der Waals surface area contributed by atoms with Gasteiger partial charge in [-0.25, -0.2) is 9.78 Å². The summed E-state index contributed by atoms with van der Waals surface area (Å²) < 4.78 is 10.8. The summed E-state index contributed by atoms with van der Waals surface area (Å²) >= 11 is 3.97. The van der Waals surface area contributed by atoms with Gasteiger partial charge >= 0.3 is 6.09 Å². The predicted molar refractivity (Wildman–Crippen MR) is 101 cm³/mol. The second kappa shape index (κ2) is 9.24. The SMILES string of the molecule is CC(Nc1nccc(N(C(=O)OCS)[C@@H](C)C(C)C)n1)C1CCCO1. The van der Waals surface area contributed by atoms with Crippen molar-refractivity contribution in [2.75, 3.05) is 22.8 Å². The lowest BCUT2D eigenvalue weighted by Crippen LogP contribution is -2.42. The first-order chi connectivity index (χ1) is 11.9. The molecule has 1 amide bonds. The van der Waals surface area contributed by atoms with Gasteiger partial charge in [-0.2, -0.15) is 4.98 Å². The molecule has 2 unspecified atom stereocenters. The van der Waals surface area contributed by atoms with Crippen LogP contribution in [0, 0.1) is 5.92 Å². The fourth-order valence-corrected chi connectivity index (χ4v) is 2.85. The van der Waals surface area contributed by atoms with Gasteiger partial charge in [-0.3, -0.25) is 4.90 Å². The van der Waals surface area contributed by atoms with Gasteiger partial charge in [-0.05, 0) is 38.7 Å². The highest BCUT2D eigenvalue weighted by Crippen LogP contribution is 2.22. The summed E-state index contributed by atoms with van der Waals surface area (Å²) in [6.07, 6.45) is 3.44. The second-order valence-electron chi connectivity index (χ2n) is 6.62. The number of aromatic nitrogens is 2. The highest BCUT2D eigenvalue weighted by molar-refractivity contribution is 7.80. The van der Waals surface area contributed by atoms with E-state index in [1.807, 2.05) is 20.8 Å². The zero-order valence-corrected chi connectivity index (χ0v) is 16.2. The smallest absolute Gasteiger partial charge is 0.416 e. The number of rotatable bonds is 7. The average molecular weight is 369 g/mol. The van der Waals surface area contributed by atoms with Crippen LogP contribution in [0.25, 0.3) is 0 Å². The van der Waals surface area contributed by atoms with Crippen LogP contribution in [0.15, 0.2) is 12.3 Å². The van der Waals surface area contributed by atoms with Crippen LogP contribution in [0.5, 0.6) is 0 Å². The molecule has 0 spiro atoms. The molecule has 2 heterocycles. The molecule has 0 radical (unpaired) electrons. The van der Waals surface area contributed by atoms with E-state index < -0.39 is 6.09 Å². The topological polar surface area (TPSA) is 76.6 Å². The maximum absolute atomic E-state index is 12.4. The van der Waals surface area contributed by atoms with Gasteiger partial charge in [0.05, 0.1) is 12.1 Å². The van der Waals surface area contributed by atoms with Crippen molar-refractivity contribution in [2.45, 2.75) is 58.7 Å². The molecule has 3 atom stereocenters. The normalized spacial score (nSPS) is 19.5. The van der Waals surface area contributed by atoms with Crippen molar-refractivity contribution in [2.24, 2.45) is 5.92 Å². The molecule has 0 saturated carbocycles. The van der Waals surface area contributed by atoms with Crippen LogP contribution < -0.4 is 10.2 Å². The number of carbonyl (C=O) groups is 1. The average Bonchev–Trinajstić information content (AvgIpc) is 3.10. The van der Waals surface area contributed by atoms with Crippen LogP contribution in [-0.4, -0.2) is 46.8 Å². The highest BCUT2D eigenvalue weighted by atomic mass is 32.1. The van der Waals surface area contributed by atoms with Crippen molar-refractivity contribution in [3.8, 4) is 0 Å². The Bertz CT molecular complexity index is 567. The minimum absolute atomic E-state index is 0.0202. The summed E-state index contributed by atoms with van der Waals surface area (Å²) in [4.78, 5) is 22.7. The molecular weight excluding hydrogens is 340 g/mol. The van der Waals surface area contributed by atoms with Crippen molar-refractivity contribution in [3.05, 3.63) is 12.3 Å². The molecule has 1 aromatic heterocycles. The Labute approximate surface area is 154 Å². The molecule has 0 aliphatic carbocycles. The minimum atomic E-state index is -0.465. The van der Waals surface area contributed by atoms with Crippen LogP contribution in [0.4, 0.5) is 16.6 Å². The summed E-state index contributed by atoms with van der Waals surface area (Å²) in [5, 5.41) is 3.28. The highest BCUT2D eigenvalue weighted by Gasteiger charge is 2.28. The Morgan fingerprint density at radius 3 is 2.84 bits per heavy atom. The van der Waals surface area contributed by atoms with Gasteiger partial charge in [0.15, 0.2) is 0 Å². The third-order valence-electron chi connectivity index (χ3n) is 4.52. The summed E-state index contributed by atoms with van der Waals surface area (Å²) in [7, 11) is 0. The van der Waals surface area contributed by atoms with Gasteiger partial charge in [0, 0.05) is 18.8 Å². The molecule has 2 rings (SSSR count). The molecule has 1 aliphatic heterocycles. The number of hydrogen-bond donors (Lipinski definition) is 2. The van der Waals surface area contributed by atoms with E-state index in [9.17, 15) is 4.79 Å². The molecule has 0 aromatic carbocycles. The monoisotopic (exact) mass is 368 g/mol. The van der Waals surface area contributed by atoms with Crippen LogP contribution in [0.2, 0.25) is 0 Å². The van der Waals surface area contributed by atoms with Crippen LogP contribution in [0.3, 0.4) is 0 Å². The van der Waals surface area contributed by atoms with Gasteiger partial charge in [0.25, 0.3) is 0 Å². The molecule has 7 nitrogen and oxygen atoms in total. The number of anilines is 2. The Kier molecular flexibility index (Phi) is 7.31. The van der Waals surface area contributed by atoms with E-state index >= 15 is 0 Å². The molecule has 1 aliphatic rings. The molecule has 0 bridgehead atoms. The summed E-state index contributed by atoms with van der Waals surface area (Å²) in [6.45, 7) is 8.91. The number of amides is 1. The minimum Gasteiger partial charge on any atom is -0.438 e. The van der Waals surface area contributed by atoms with Gasteiger partial charge < -0.3 is 14.8 Å². The second-order valence-corrected chi connectivity index (χ2v) is 6.88. The summed E-state index contributed by atoms with van der Waals surface area (Å²) in [5.74, 6) is 1.24. The first kappa shape index (κ1) is 19.8. The van der Waals surface area contributed by atoms with E-state index in [0.717, 1.165) is 19.4 Å². The largest absolute Gasteiger partial charge is 0.438 e. The van der Waals surface area contributed by atoms with E-state index in [1.54, 1.807) is 17.2 Å². The van der Waals surface area contributed by atoms with E-state index in [1.165, 1.54) is 0 Å².